The molecule has 1 aliphatic heterocycles. The Morgan fingerprint density at radius 1 is 0.841 bits per heavy atom. The number of nitrogens with zero attached hydrogens (tertiary/aromatic N) is 2. The van der Waals surface area contributed by atoms with Crippen LogP contribution in [0.3, 0.4) is 0 Å². The number of carbonyl (C=O) groups is 2. The summed E-state index contributed by atoms with van der Waals surface area (Å²) >= 11 is 0. The highest BCUT2D eigenvalue weighted by Gasteiger charge is 2.46. The number of rotatable bonds is 12. The maximum absolute atomic E-state index is 13.6. The number of Topliss-reactive ketones (excluding diaryl/α,β-unsaturated/α-hetero) is 1. The normalized spacial score (nSPS) is 16.0. The van der Waals surface area contributed by atoms with Crippen molar-refractivity contribution < 1.29 is 24.2 Å². The van der Waals surface area contributed by atoms with Crippen molar-refractivity contribution in [3.63, 3.8) is 0 Å². The summed E-state index contributed by atoms with van der Waals surface area (Å²) < 4.78 is 12.1. The average molecular weight is 591 g/mol. The van der Waals surface area contributed by atoms with Gasteiger partial charge in [0.25, 0.3) is 11.7 Å². The Balaban J connectivity index is 1.50. The Hall–Kier alpha value is -4.88. The van der Waals surface area contributed by atoms with Crippen molar-refractivity contribution in [1.82, 2.24) is 9.80 Å². The molecule has 1 atom stereocenters. The van der Waals surface area contributed by atoms with E-state index in [2.05, 4.69) is 18.7 Å². The second kappa shape index (κ2) is 14.1. The van der Waals surface area contributed by atoms with Crippen LogP contribution in [0.2, 0.25) is 0 Å². The van der Waals surface area contributed by atoms with E-state index in [9.17, 15) is 14.7 Å². The first-order valence-electron chi connectivity index (χ1n) is 15.0. The number of ether oxygens (including phenoxy) is 2. The highest BCUT2D eigenvalue weighted by atomic mass is 16.5. The zero-order chi connectivity index (χ0) is 31.1. The Bertz CT molecular complexity index is 1630. The van der Waals surface area contributed by atoms with E-state index in [4.69, 9.17) is 9.47 Å². The number of likely N-dealkylation sites (N-methyl/N-ethyl adjacent to an activating group) is 1. The largest absolute Gasteiger partial charge is 0.507 e. The molecule has 1 fully saturated rings. The van der Waals surface area contributed by atoms with Gasteiger partial charge >= 0.3 is 0 Å². The molecule has 4 aromatic carbocycles. The van der Waals surface area contributed by atoms with Gasteiger partial charge in [0.1, 0.15) is 29.6 Å². The summed E-state index contributed by atoms with van der Waals surface area (Å²) in [6, 6.07) is 31.1. The molecule has 7 heteroatoms. The van der Waals surface area contributed by atoms with Crippen LogP contribution in [0.15, 0.2) is 109 Å². The van der Waals surface area contributed by atoms with Gasteiger partial charge in [-0.05, 0) is 79.2 Å². The van der Waals surface area contributed by atoms with Gasteiger partial charge in [-0.25, -0.2) is 0 Å². The molecule has 0 radical (unpaired) electrons. The number of amides is 1. The van der Waals surface area contributed by atoms with Crippen molar-refractivity contribution in [2.75, 3.05) is 26.2 Å². The fraction of sp³-hybridized carbons (Fsp3) is 0.243. The van der Waals surface area contributed by atoms with Crippen molar-refractivity contribution >= 4 is 17.4 Å². The number of hydrogen-bond donors (Lipinski definition) is 1. The summed E-state index contributed by atoms with van der Waals surface area (Å²) in [5.74, 6) is 0.364. The van der Waals surface area contributed by atoms with Gasteiger partial charge in [-0.15, -0.1) is 0 Å². The fourth-order valence-electron chi connectivity index (χ4n) is 5.47. The summed E-state index contributed by atoms with van der Waals surface area (Å²) in [5.41, 5.74) is 3.03. The van der Waals surface area contributed by atoms with Gasteiger partial charge < -0.3 is 24.4 Å². The molecule has 0 aliphatic carbocycles. The molecule has 0 aromatic heterocycles. The van der Waals surface area contributed by atoms with E-state index in [1.807, 2.05) is 91.9 Å². The molecule has 1 amide bonds. The molecule has 4 aromatic rings. The van der Waals surface area contributed by atoms with E-state index in [1.165, 1.54) is 0 Å². The molecule has 5 rings (SSSR count). The standard InChI is InChI=1S/C37H38N2O5/c1-4-38(5-2)21-22-39-34(28-15-12-18-31(24-28)44-30-16-10-7-11-17-30)33(36(41)37(39)42)35(40)29-19-20-32(26(3)23-29)43-25-27-13-8-6-9-14-27/h6-20,23-24,34,40H,4-5,21-22,25H2,1-3H3/b35-33+/t34-/m1/s1. The number of para-hydroxylation sites is 1. The van der Waals surface area contributed by atoms with Gasteiger partial charge in [0.15, 0.2) is 0 Å². The molecule has 0 saturated carbocycles. The molecule has 44 heavy (non-hydrogen) atoms. The quantitative estimate of drug-likeness (QED) is 0.107. The number of aliphatic hydroxyl groups is 1. The van der Waals surface area contributed by atoms with Gasteiger partial charge in [-0.3, -0.25) is 9.59 Å². The van der Waals surface area contributed by atoms with Crippen molar-refractivity contribution in [3.05, 3.63) is 131 Å². The second-order valence-corrected chi connectivity index (χ2v) is 10.8. The summed E-state index contributed by atoms with van der Waals surface area (Å²) in [4.78, 5) is 30.9. The average Bonchev–Trinajstić information content (AvgIpc) is 3.30. The maximum atomic E-state index is 13.6. The van der Waals surface area contributed by atoms with E-state index in [-0.39, 0.29) is 11.3 Å². The molecule has 0 bridgehead atoms. The van der Waals surface area contributed by atoms with Crippen LogP contribution in [0.25, 0.3) is 5.76 Å². The molecular weight excluding hydrogens is 552 g/mol. The topological polar surface area (TPSA) is 79.3 Å². The van der Waals surface area contributed by atoms with E-state index >= 15 is 0 Å². The summed E-state index contributed by atoms with van der Waals surface area (Å²) in [6.07, 6.45) is 0. The SMILES string of the molecule is CCN(CC)CCN1C(=O)C(=O)/C(=C(/O)c2ccc(OCc3ccccc3)c(C)c2)[C@H]1c1cccc(Oc2ccccc2)c1. The zero-order valence-electron chi connectivity index (χ0n) is 25.4. The first-order chi connectivity index (χ1) is 21.4. The summed E-state index contributed by atoms with van der Waals surface area (Å²) in [5, 5.41) is 11.7. The van der Waals surface area contributed by atoms with E-state index < -0.39 is 17.7 Å². The van der Waals surface area contributed by atoms with E-state index in [0.717, 1.165) is 24.2 Å². The monoisotopic (exact) mass is 590 g/mol. The molecule has 0 spiro atoms. The Morgan fingerprint density at radius 2 is 1.52 bits per heavy atom. The van der Waals surface area contributed by atoms with Crippen LogP contribution < -0.4 is 9.47 Å². The summed E-state index contributed by atoms with van der Waals surface area (Å²) in [6.45, 7) is 9.01. The molecule has 7 nitrogen and oxygen atoms in total. The Labute approximate surface area is 259 Å². The van der Waals surface area contributed by atoms with Crippen molar-refractivity contribution in [2.45, 2.75) is 33.4 Å². The lowest BCUT2D eigenvalue weighted by atomic mass is 9.94. The number of aryl methyl sites for hydroxylation is 1. The fourth-order valence-corrected chi connectivity index (χ4v) is 5.47. The lowest BCUT2D eigenvalue weighted by Crippen LogP contribution is -2.38. The predicted molar refractivity (Wildman–Crippen MR) is 172 cm³/mol. The number of carbonyl (C=O) groups excluding carboxylic acids is 2. The number of ketones is 1. The molecule has 226 valence electrons. The van der Waals surface area contributed by atoms with Crippen LogP contribution in [0.5, 0.6) is 17.2 Å². The summed E-state index contributed by atoms with van der Waals surface area (Å²) in [7, 11) is 0. The first kappa shape index (κ1) is 30.6. The second-order valence-electron chi connectivity index (χ2n) is 10.8. The number of likely N-dealkylation sites (tertiary alicyclic amines) is 1. The number of benzene rings is 4. The van der Waals surface area contributed by atoms with Crippen LogP contribution in [0.1, 0.15) is 42.1 Å². The van der Waals surface area contributed by atoms with Crippen LogP contribution in [-0.2, 0) is 16.2 Å². The minimum Gasteiger partial charge on any atom is -0.507 e. The number of hydrogen-bond acceptors (Lipinski definition) is 6. The van der Waals surface area contributed by atoms with E-state index in [1.54, 1.807) is 23.1 Å². The van der Waals surface area contributed by atoms with Gasteiger partial charge in [0.2, 0.25) is 0 Å². The van der Waals surface area contributed by atoms with Crippen LogP contribution >= 0.6 is 0 Å². The third-order valence-electron chi connectivity index (χ3n) is 7.93. The third-order valence-corrected chi connectivity index (χ3v) is 7.93. The Kier molecular flexibility index (Phi) is 9.77. The molecule has 1 N–H and O–H groups in total. The lowest BCUT2D eigenvalue weighted by Gasteiger charge is -2.28. The minimum absolute atomic E-state index is 0.0590. The number of aliphatic hydroxyl groups excluding tert-OH is 1. The molecule has 1 saturated heterocycles. The van der Waals surface area contributed by atoms with Gasteiger partial charge in [0.05, 0.1) is 11.6 Å². The maximum Gasteiger partial charge on any atom is 0.295 e. The highest BCUT2D eigenvalue weighted by molar-refractivity contribution is 6.46. The molecular formula is C37H38N2O5. The smallest absolute Gasteiger partial charge is 0.295 e. The molecule has 1 aliphatic rings. The van der Waals surface area contributed by atoms with Crippen LogP contribution in [-0.4, -0.2) is 52.8 Å². The van der Waals surface area contributed by atoms with Gasteiger partial charge in [0, 0.05) is 18.7 Å². The van der Waals surface area contributed by atoms with Crippen molar-refractivity contribution in [2.24, 2.45) is 0 Å². The lowest BCUT2D eigenvalue weighted by molar-refractivity contribution is -0.140. The van der Waals surface area contributed by atoms with Crippen molar-refractivity contribution in [3.8, 4) is 17.2 Å². The van der Waals surface area contributed by atoms with E-state index in [0.29, 0.717) is 48.1 Å². The third kappa shape index (κ3) is 6.84. The van der Waals surface area contributed by atoms with Crippen molar-refractivity contribution in [1.29, 1.82) is 0 Å². The zero-order valence-corrected chi connectivity index (χ0v) is 25.4. The first-order valence-corrected chi connectivity index (χ1v) is 15.0. The van der Waals surface area contributed by atoms with Gasteiger partial charge in [-0.1, -0.05) is 74.5 Å². The predicted octanol–water partition coefficient (Wildman–Crippen LogP) is 7.13. The Morgan fingerprint density at radius 3 is 2.20 bits per heavy atom. The van der Waals surface area contributed by atoms with Crippen LogP contribution in [0, 0.1) is 6.92 Å². The minimum atomic E-state index is -0.779. The highest BCUT2D eigenvalue weighted by Crippen LogP contribution is 2.41. The molecule has 1 heterocycles. The van der Waals surface area contributed by atoms with Gasteiger partial charge in [-0.2, -0.15) is 0 Å². The van der Waals surface area contributed by atoms with Crippen LogP contribution in [0.4, 0.5) is 0 Å². The molecule has 0 unspecified atom stereocenters.